The van der Waals surface area contributed by atoms with Crippen molar-refractivity contribution in [2.24, 2.45) is 0 Å². The van der Waals surface area contributed by atoms with Crippen LogP contribution in [0.4, 0.5) is 0 Å². The first-order chi connectivity index (χ1) is 13.0. The lowest BCUT2D eigenvalue weighted by Crippen LogP contribution is -2.30. The fourth-order valence-electron chi connectivity index (χ4n) is 1.88. The molecule has 0 spiro atoms. The van der Waals surface area contributed by atoms with Gasteiger partial charge in [0.05, 0.1) is 19.3 Å². The Morgan fingerprint density at radius 1 is 0.600 bits per heavy atom. The fourth-order valence-corrected chi connectivity index (χ4v) is 1.88. The molecule has 30 heavy (non-hydrogen) atoms. The minimum atomic E-state index is -0.828. The second-order valence-electron chi connectivity index (χ2n) is 5.73. The molecule has 0 saturated carbocycles. The Bertz CT molecular complexity index is 488. The molecule has 0 amide bonds. The van der Waals surface area contributed by atoms with E-state index in [0.717, 1.165) is 19.3 Å². The summed E-state index contributed by atoms with van der Waals surface area (Å²) in [6, 6.07) is 0. The van der Waals surface area contributed by atoms with E-state index in [4.69, 9.17) is 14.2 Å². The monoisotopic (exact) mass is 428 g/mol. The van der Waals surface area contributed by atoms with Crippen molar-refractivity contribution in [1.82, 2.24) is 0 Å². The van der Waals surface area contributed by atoms with Crippen LogP contribution in [0.25, 0.3) is 0 Å². The summed E-state index contributed by atoms with van der Waals surface area (Å²) in [7, 11) is 0. The summed E-state index contributed by atoms with van der Waals surface area (Å²) in [6.45, 7) is 5.59. The Balaban J connectivity index is -0.00000113. The molecule has 0 aliphatic rings. The van der Waals surface area contributed by atoms with Gasteiger partial charge in [0, 0.05) is 0 Å². The zero-order valence-electron chi connectivity index (χ0n) is 16.6. The predicted molar refractivity (Wildman–Crippen MR) is 124 cm³/mol. The average Bonchev–Trinajstić information content (AvgIpc) is 2.64. The van der Waals surface area contributed by atoms with Crippen LogP contribution in [0.5, 0.6) is 0 Å². The van der Waals surface area contributed by atoms with Gasteiger partial charge in [0.15, 0.2) is 6.10 Å². The molecule has 0 bridgehead atoms. The molecule has 6 heteroatoms. The van der Waals surface area contributed by atoms with Gasteiger partial charge in [-0.05, 0) is 19.3 Å². The zero-order valence-corrected chi connectivity index (χ0v) is 16.6. The van der Waals surface area contributed by atoms with Gasteiger partial charge in [-0.15, -0.1) is 0 Å². The van der Waals surface area contributed by atoms with E-state index in [1.165, 1.54) is 0 Å². The van der Waals surface area contributed by atoms with E-state index in [1.807, 2.05) is 39.0 Å². The van der Waals surface area contributed by atoms with Crippen LogP contribution in [0.2, 0.25) is 0 Å². The number of hydrogen-bond acceptors (Lipinski definition) is 6. The molecule has 0 aromatic heterocycles. The van der Waals surface area contributed by atoms with Gasteiger partial charge < -0.3 is 14.2 Å². The van der Waals surface area contributed by atoms with Crippen molar-refractivity contribution in [3.8, 4) is 0 Å². The highest BCUT2D eigenvalue weighted by Crippen LogP contribution is 2.03. The van der Waals surface area contributed by atoms with E-state index in [9.17, 15) is 14.4 Å². The van der Waals surface area contributed by atoms with E-state index in [2.05, 4.69) is 0 Å². The largest absolute Gasteiger partial charge is 0.461 e. The molecule has 0 N–H and O–H groups in total. The smallest absolute Gasteiger partial charge is 0.310 e. The van der Waals surface area contributed by atoms with E-state index in [0.29, 0.717) is 0 Å². The minimum absolute atomic E-state index is 0. The Labute approximate surface area is 184 Å². The van der Waals surface area contributed by atoms with E-state index in [1.54, 1.807) is 18.2 Å². The highest BCUT2D eigenvalue weighted by molar-refractivity contribution is 5.72. The standard InChI is InChI=1S/C21H32O6.3CH4/c1-4-7-10-13-19(22)25-16-18(27-21(24)15-12-9-6-3)17-26-20(23)14-11-8-5-2;;;/h7-12,18H,4-6,13-17H2,1-3H3;3*1H4/b10-7-,11-8-,12-9-;;;. The van der Waals surface area contributed by atoms with Gasteiger partial charge >= 0.3 is 17.9 Å². The van der Waals surface area contributed by atoms with Gasteiger partial charge in [-0.25, -0.2) is 0 Å². The first-order valence-electron chi connectivity index (χ1n) is 9.49. The summed E-state index contributed by atoms with van der Waals surface area (Å²) in [5.41, 5.74) is 0. The van der Waals surface area contributed by atoms with Gasteiger partial charge in [-0.3, -0.25) is 14.4 Å². The number of hydrogen-bond donors (Lipinski definition) is 0. The number of ether oxygens (including phenoxy) is 3. The summed E-state index contributed by atoms with van der Waals surface area (Å²) < 4.78 is 15.5. The van der Waals surface area contributed by atoms with Crippen LogP contribution < -0.4 is 0 Å². The van der Waals surface area contributed by atoms with Crippen molar-refractivity contribution in [2.75, 3.05) is 13.2 Å². The van der Waals surface area contributed by atoms with Crippen molar-refractivity contribution in [2.45, 2.75) is 87.7 Å². The third kappa shape index (κ3) is 21.9. The second-order valence-corrected chi connectivity index (χ2v) is 5.73. The number of allylic oxidation sites excluding steroid dienone is 3. The Hall–Kier alpha value is -2.37. The maximum atomic E-state index is 11.9. The molecular formula is C24H44O6. The van der Waals surface area contributed by atoms with Crippen LogP contribution in [0.15, 0.2) is 36.5 Å². The van der Waals surface area contributed by atoms with Gasteiger partial charge in [-0.2, -0.15) is 0 Å². The van der Waals surface area contributed by atoms with Crippen LogP contribution in [0.1, 0.15) is 81.6 Å². The second kappa shape index (κ2) is 24.7. The Kier molecular flexibility index (Phi) is 28.9. The van der Waals surface area contributed by atoms with Gasteiger partial charge in [-0.1, -0.05) is 79.5 Å². The summed E-state index contributed by atoms with van der Waals surface area (Å²) in [4.78, 5) is 35.2. The third-order valence-corrected chi connectivity index (χ3v) is 3.22. The van der Waals surface area contributed by atoms with Crippen molar-refractivity contribution in [3.63, 3.8) is 0 Å². The molecule has 0 atom stereocenters. The van der Waals surface area contributed by atoms with Crippen molar-refractivity contribution < 1.29 is 28.6 Å². The van der Waals surface area contributed by atoms with Gasteiger partial charge in [0.1, 0.15) is 13.2 Å². The van der Waals surface area contributed by atoms with E-state index < -0.39 is 24.0 Å². The molecule has 0 fully saturated rings. The normalized spacial score (nSPS) is 10.4. The molecular weight excluding hydrogens is 384 g/mol. The van der Waals surface area contributed by atoms with E-state index in [-0.39, 0.29) is 54.8 Å². The van der Waals surface area contributed by atoms with E-state index >= 15 is 0 Å². The number of carbonyl (C=O) groups excluding carboxylic acids is 3. The molecule has 0 unspecified atom stereocenters. The predicted octanol–water partition coefficient (Wildman–Crippen LogP) is 5.96. The Morgan fingerprint density at radius 3 is 1.27 bits per heavy atom. The number of rotatable bonds is 14. The topological polar surface area (TPSA) is 78.9 Å². The molecule has 176 valence electrons. The van der Waals surface area contributed by atoms with Gasteiger partial charge in [0.25, 0.3) is 0 Å². The quantitative estimate of drug-likeness (QED) is 0.193. The highest BCUT2D eigenvalue weighted by Gasteiger charge is 2.18. The molecule has 0 radical (unpaired) electrons. The number of esters is 3. The van der Waals surface area contributed by atoms with Crippen molar-refractivity contribution >= 4 is 17.9 Å². The maximum Gasteiger partial charge on any atom is 0.310 e. The average molecular weight is 429 g/mol. The minimum Gasteiger partial charge on any atom is -0.461 e. The first kappa shape index (κ1) is 35.1. The highest BCUT2D eigenvalue weighted by atomic mass is 16.6. The molecule has 0 rings (SSSR count). The van der Waals surface area contributed by atoms with Crippen LogP contribution in [0, 0.1) is 0 Å². The van der Waals surface area contributed by atoms with Gasteiger partial charge in [0.2, 0.25) is 0 Å². The van der Waals surface area contributed by atoms with Crippen molar-refractivity contribution in [3.05, 3.63) is 36.5 Å². The molecule has 0 aromatic rings. The van der Waals surface area contributed by atoms with Crippen LogP contribution in [0.3, 0.4) is 0 Å². The van der Waals surface area contributed by atoms with Crippen LogP contribution in [-0.4, -0.2) is 37.2 Å². The Morgan fingerprint density at radius 2 is 0.933 bits per heavy atom. The van der Waals surface area contributed by atoms with Crippen LogP contribution >= 0.6 is 0 Å². The molecule has 0 aliphatic carbocycles. The molecule has 6 nitrogen and oxygen atoms in total. The lowest BCUT2D eigenvalue weighted by Gasteiger charge is -2.17. The fraction of sp³-hybridized carbons (Fsp3) is 0.625. The molecule has 0 aliphatic heterocycles. The number of carbonyl (C=O) groups is 3. The third-order valence-electron chi connectivity index (χ3n) is 3.22. The maximum absolute atomic E-state index is 11.9. The molecule has 0 saturated heterocycles. The molecule has 0 heterocycles. The summed E-state index contributed by atoms with van der Waals surface area (Å²) >= 11 is 0. The molecule has 0 aromatic carbocycles. The van der Waals surface area contributed by atoms with Crippen molar-refractivity contribution in [1.29, 1.82) is 0 Å². The lowest BCUT2D eigenvalue weighted by atomic mass is 10.3. The lowest BCUT2D eigenvalue weighted by molar-refractivity contribution is -0.165. The summed E-state index contributed by atoms with van der Waals surface area (Å²) in [6.07, 6.45) is 12.8. The zero-order chi connectivity index (χ0) is 20.3. The summed E-state index contributed by atoms with van der Waals surface area (Å²) in [5.74, 6) is -1.32. The summed E-state index contributed by atoms with van der Waals surface area (Å²) in [5, 5.41) is 0. The first-order valence-corrected chi connectivity index (χ1v) is 9.49. The van der Waals surface area contributed by atoms with Crippen LogP contribution in [-0.2, 0) is 28.6 Å². The SMILES string of the molecule is C.C.C.CC/C=C\CC(=O)OCC(COC(=O)C/C=C\CC)OC(=O)C/C=C\CC.